The summed E-state index contributed by atoms with van der Waals surface area (Å²) in [6.07, 6.45) is 4.38. The van der Waals surface area contributed by atoms with Gasteiger partial charge in [0, 0.05) is 25.5 Å². The van der Waals surface area contributed by atoms with E-state index in [1.807, 2.05) is 24.3 Å². The fourth-order valence-corrected chi connectivity index (χ4v) is 2.95. The van der Waals surface area contributed by atoms with Crippen molar-refractivity contribution in [3.63, 3.8) is 0 Å². The molecule has 2 aromatic rings. The van der Waals surface area contributed by atoms with Crippen molar-refractivity contribution in [2.75, 3.05) is 55.7 Å². The maximum absolute atomic E-state index is 5.36. The van der Waals surface area contributed by atoms with Crippen LogP contribution in [-0.2, 0) is 0 Å². The molecule has 8 heteroatoms. The molecule has 0 atom stereocenters. The molecular formula is C23H30N2O6. The van der Waals surface area contributed by atoms with Crippen LogP contribution in [-0.4, -0.2) is 68.2 Å². The molecule has 31 heavy (non-hydrogen) atoms. The molecule has 2 rings (SSSR count). The zero-order valence-corrected chi connectivity index (χ0v) is 18.9. The first-order valence-corrected chi connectivity index (χ1v) is 9.71. The largest absolute Gasteiger partial charge is 0.493 e. The second kappa shape index (κ2) is 12.3. The SMILES string of the molecule is COc1cc(C=NCCCN=Cc2cc(OC)c(OC)c(OC)c2)cc(OC)c1OC. The van der Waals surface area contributed by atoms with Crippen molar-refractivity contribution >= 4 is 12.4 Å². The monoisotopic (exact) mass is 430 g/mol. The van der Waals surface area contributed by atoms with Crippen molar-refractivity contribution < 1.29 is 28.4 Å². The Hall–Kier alpha value is -3.42. The van der Waals surface area contributed by atoms with Gasteiger partial charge < -0.3 is 28.4 Å². The van der Waals surface area contributed by atoms with Gasteiger partial charge in [-0.05, 0) is 41.8 Å². The third-order valence-corrected chi connectivity index (χ3v) is 4.43. The van der Waals surface area contributed by atoms with E-state index in [4.69, 9.17) is 28.4 Å². The van der Waals surface area contributed by atoms with Crippen LogP contribution in [0.25, 0.3) is 0 Å². The fourth-order valence-electron chi connectivity index (χ4n) is 2.95. The Bertz CT molecular complexity index is 787. The molecule has 0 amide bonds. The van der Waals surface area contributed by atoms with E-state index in [0.29, 0.717) is 47.6 Å². The fraction of sp³-hybridized carbons (Fsp3) is 0.391. The molecule has 0 bridgehead atoms. The highest BCUT2D eigenvalue weighted by Gasteiger charge is 2.13. The van der Waals surface area contributed by atoms with E-state index >= 15 is 0 Å². The zero-order chi connectivity index (χ0) is 22.6. The van der Waals surface area contributed by atoms with Crippen LogP contribution in [0.3, 0.4) is 0 Å². The number of hydrogen-bond acceptors (Lipinski definition) is 8. The van der Waals surface area contributed by atoms with Gasteiger partial charge in [-0.1, -0.05) is 0 Å². The number of aliphatic imine (C=N–C) groups is 2. The Kier molecular flexibility index (Phi) is 9.48. The van der Waals surface area contributed by atoms with Gasteiger partial charge in [0.2, 0.25) is 11.5 Å². The van der Waals surface area contributed by atoms with Crippen molar-refractivity contribution in [3.05, 3.63) is 35.4 Å². The zero-order valence-electron chi connectivity index (χ0n) is 18.9. The summed E-state index contributed by atoms with van der Waals surface area (Å²) < 4.78 is 32.1. The van der Waals surface area contributed by atoms with E-state index in [2.05, 4.69) is 9.98 Å². The molecule has 168 valence electrons. The summed E-state index contributed by atoms with van der Waals surface area (Å²) in [5, 5.41) is 0. The summed E-state index contributed by atoms with van der Waals surface area (Å²) >= 11 is 0. The molecule has 0 aromatic heterocycles. The van der Waals surface area contributed by atoms with Gasteiger partial charge in [-0.3, -0.25) is 9.98 Å². The number of rotatable bonds is 12. The third kappa shape index (κ3) is 6.28. The molecule has 0 spiro atoms. The highest BCUT2D eigenvalue weighted by molar-refractivity contribution is 5.83. The van der Waals surface area contributed by atoms with Gasteiger partial charge in [-0.25, -0.2) is 0 Å². The number of nitrogens with zero attached hydrogens (tertiary/aromatic N) is 2. The first-order valence-electron chi connectivity index (χ1n) is 9.71. The predicted molar refractivity (Wildman–Crippen MR) is 122 cm³/mol. The molecule has 0 saturated heterocycles. The summed E-state index contributed by atoms with van der Waals surface area (Å²) in [5.74, 6) is 3.50. The molecule has 0 fully saturated rings. The second-order valence-corrected chi connectivity index (χ2v) is 6.34. The highest BCUT2D eigenvalue weighted by atomic mass is 16.5. The highest BCUT2D eigenvalue weighted by Crippen LogP contribution is 2.38. The van der Waals surface area contributed by atoms with Crippen LogP contribution in [0, 0.1) is 0 Å². The van der Waals surface area contributed by atoms with Crippen LogP contribution in [0.15, 0.2) is 34.3 Å². The number of methoxy groups -OCH3 is 6. The Balaban J connectivity index is 1.94. The molecule has 2 aromatic carbocycles. The maximum atomic E-state index is 5.36. The van der Waals surface area contributed by atoms with Gasteiger partial charge >= 0.3 is 0 Å². The molecule has 0 saturated carbocycles. The van der Waals surface area contributed by atoms with E-state index < -0.39 is 0 Å². The summed E-state index contributed by atoms with van der Waals surface area (Å²) in [6.45, 7) is 1.28. The Morgan fingerprint density at radius 2 is 0.871 bits per heavy atom. The molecule has 0 aliphatic rings. The lowest BCUT2D eigenvalue weighted by atomic mass is 10.2. The van der Waals surface area contributed by atoms with E-state index in [0.717, 1.165) is 17.5 Å². The van der Waals surface area contributed by atoms with Crippen LogP contribution in [0.1, 0.15) is 17.5 Å². The molecule has 0 radical (unpaired) electrons. The van der Waals surface area contributed by atoms with Crippen molar-refractivity contribution in [2.24, 2.45) is 9.98 Å². The number of hydrogen-bond donors (Lipinski definition) is 0. The van der Waals surface area contributed by atoms with Gasteiger partial charge in [-0.15, -0.1) is 0 Å². The normalized spacial score (nSPS) is 11.0. The summed E-state index contributed by atoms with van der Waals surface area (Å²) in [5.41, 5.74) is 1.74. The van der Waals surface area contributed by atoms with Crippen LogP contribution in [0.4, 0.5) is 0 Å². The van der Waals surface area contributed by atoms with Crippen molar-refractivity contribution in [3.8, 4) is 34.5 Å². The van der Waals surface area contributed by atoms with Crippen LogP contribution >= 0.6 is 0 Å². The molecular weight excluding hydrogens is 400 g/mol. The number of benzene rings is 2. The van der Waals surface area contributed by atoms with Crippen LogP contribution in [0.2, 0.25) is 0 Å². The Labute approximate surface area is 183 Å². The minimum atomic E-state index is 0.559. The van der Waals surface area contributed by atoms with E-state index in [9.17, 15) is 0 Å². The van der Waals surface area contributed by atoms with E-state index in [1.165, 1.54) is 0 Å². The standard InChI is InChI=1S/C23H30N2O6/c1-26-18-10-16(11-19(27-2)22(18)30-5)14-24-8-7-9-25-15-17-12-20(28-3)23(31-6)21(13-17)29-4/h10-15H,7-9H2,1-6H3. The van der Waals surface area contributed by atoms with Crippen molar-refractivity contribution in [1.29, 1.82) is 0 Å². The molecule has 0 heterocycles. The molecule has 0 N–H and O–H groups in total. The molecule has 8 nitrogen and oxygen atoms in total. The maximum Gasteiger partial charge on any atom is 0.203 e. The lowest BCUT2D eigenvalue weighted by molar-refractivity contribution is 0.324. The van der Waals surface area contributed by atoms with Gasteiger partial charge in [0.25, 0.3) is 0 Å². The topological polar surface area (TPSA) is 80.1 Å². The average molecular weight is 431 g/mol. The summed E-state index contributed by atoms with van der Waals surface area (Å²) in [7, 11) is 9.50. The first kappa shape index (κ1) is 23.9. The van der Waals surface area contributed by atoms with E-state index in [-0.39, 0.29) is 0 Å². The van der Waals surface area contributed by atoms with Gasteiger partial charge in [-0.2, -0.15) is 0 Å². The lowest BCUT2D eigenvalue weighted by Gasteiger charge is -2.12. The van der Waals surface area contributed by atoms with Gasteiger partial charge in [0.15, 0.2) is 23.0 Å². The molecule has 0 aliphatic heterocycles. The average Bonchev–Trinajstić information content (AvgIpc) is 2.81. The molecule has 0 unspecified atom stereocenters. The Morgan fingerprint density at radius 1 is 0.548 bits per heavy atom. The molecule has 0 aliphatic carbocycles. The summed E-state index contributed by atoms with van der Waals surface area (Å²) in [4.78, 5) is 8.93. The van der Waals surface area contributed by atoms with Crippen molar-refractivity contribution in [2.45, 2.75) is 6.42 Å². The second-order valence-electron chi connectivity index (χ2n) is 6.34. The van der Waals surface area contributed by atoms with Gasteiger partial charge in [0.1, 0.15) is 0 Å². The Morgan fingerprint density at radius 3 is 1.13 bits per heavy atom. The quantitative estimate of drug-likeness (QED) is 0.378. The van der Waals surface area contributed by atoms with Crippen LogP contribution in [0.5, 0.6) is 34.5 Å². The van der Waals surface area contributed by atoms with Gasteiger partial charge in [0.05, 0.1) is 42.7 Å². The predicted octanol–water partition coefficient (Wildman–Crippen LogP) is 3.67. The number of ether oxygens (including phenoxy) is 6. The first-order chi connectivity index (χ1) is 15.1. The smallest absolute Gasteiger partial charge is 0.203 e. The minimum absolute atomic E-state index is 0.559. The van der Waals surface area contributed by atoms with Crippen molar-refractivity contribution in [1.82, 2.24) is 0 Å². The third-order valence-electron chi connectivity index (χ3n) is 4.43. The summed E-state index contributed by atoms with van der Waals surface area (Å²) in [6, 6.07) is 7.42. The van der Waals surface area contributed by atoms with Crippen LogP contribution < -0.4 is 28.4 Å². The van der Waals surface area contributed by atoms with E-state index in [1.54, 1.807) is 55.1 Å². The minimum Gasteiger partial charge on any atom is -0.493 e. The lowest BCUT2D eigenvalue weighted by Crippen LogP contribution is -1.97.